The zero-order valence-electron chi connectivity index (χ0n) is 23.3. The van der Waals surface area contributed by atoms with E-state index in [2.05, 4.69) is 34.7 Å². The molecule has 3 heterocycles. The number of alkyl halides is 4. The Balaban J connectivity index is 1.21. The van der Waals surface area contributed by atoms with Gasteiger partial charge >= 0.3 is 6.18 Å². The maximum atomic E-state index is 13.3. The van der Waals surface area contributed by atoms with Crippen molar-refractivity contribution < 1.29 is 13.2 Å². The molecule has 0 aromatic carbocycles. The van der Waals surface area contributed by atoms with Gasteiger partial charge in [0.05, 0.1) is 18.4 Å². The minimum atomic E-state index is -4.20. The van der Waals surface area contributed by atoms with E-state index in [0.29, 0.717) is 29.6 Å². The molecule has 0 aromatic heterocycles. The van der Waals surface area contributed by atoms with Crippen LogP contribution in [0.5, 0.6) is 0 Å². The second kappa shape index (κ2) is 11.2. The van der Waals surface area contributed by atoms with Crippen molar-refractivity contribution >= 4 is 17.6 Å². The predicted octanol–water partition coefficient (Wildman–Crippen LogP) is 4.01. The number of nitrogens with zero attached hydrogens (tertiary/aromatic N) is 3. The summed E-state index contributed by atoms with van der Waals surface area (Å²) in [5.74, 6) is 2.98. The van der Waals surface area contributed by atoms with Gasteiger partial charge in [-0.3, -0.25) is 26.3 Å². The van der Waals surface area contributed by atoms with Crippen molar-refractivity contribution in [2.45, 2.75) is 107 Å². The van der Waals surface area contributed by atoms with Crippen molar-refractivity contribution in [2.75, 3.05) is 27.2 Å². The second-order valence-electron chi connectivity index (χ2n) is 13.0. The molecule has 0 spiro atoms. The minimum absolute atomic E-state index is 0.0103. The minimum Gasteiger partial charge on any atom is -0.337 e. The van der Waals surface area contributed by atoms with E-state index in [1.165, 1.54) is 25.7 Å². The van der Waals surface area contributed by atoms with Crippen LogP contribution in [0.3, 0.4) is 0 Å². The van der Waals surface area contributed by atoms with Gasteiger partial charge in [-0.2, -0.15) is 13.2 Å². The Bertz CT molecular complexity index is 836. The third-order valence-corrected chi connectivity index (χ3v) is 10.8. The molecule has 7 nitrogen and oxygen atoms in total. The number of nitrogens with one attached hydrogen (secondary N) is 4. The lowest BCUT2D eigenvalue weighted by atomic mass is 9.71. The number of fused-ring (bicyclic) bond motifs is 1. The second-order valence-corrected chi connectivity index (χ2v) is 13.5. The first-order valence-corrected chi connectivity index (χ1v) is 15.2. The van der Waals surface area contributed by atoms with Crippen LogP contribution in [0.2, 0.25) is 0 Å². The summed E-state index contributed by atoms with van der Waals surface area (Å²) in [6, 6.07) is -1.46. The Morgan fingerprint density at radius 3 is 2.29 bits per heavy atom. The number of guanidine groups is 1. The molecular formula is C27H47ClF3N7. The maximum absolute atomic E-state index is 13.3. The fourth-order valence-electron chi connectivity index (χ4n) is 8.24. The van der Waals surface area contributed by atoms with Crippen LogP contribution in [0.1, 0.15) is 65.2 Å². The Morgan fingerprint density at radius 1 is 0.974 bits per heavy atom. The van der Waals surface area contributed by atoms with Crippen molar-refractivity contribution in [2.24, 2.45) is 29.6 Å². The van der Waals surface area contributed by atoms with Crippen LogP contribution >= 0.6 is 11.6 Å². The molecule has 0 aromatic rings. The molecular weight excluding hydrogens is 515 g/mol. The van der Waals surface area contributed by atoms with Gasteiger partial charge in [-0.1, -0.05) is 26.7 Å². The highest BCUT2D eigenvalue weighted by Crippen LogP contribution is 2.40. The fraction of sp³-hybridized carbons (Fsp3) is 0.963. The van der Waals surface area contributed by atoms with E-state index in [1.807, 2.05) is 16.8 Å². The highest BCUT2D eigenvalue weighted by molar-refractivity contribution is 6.21. The normalized spacial score (nSPS) is 43.2. The summed E-state index contributed by atoms with van der Waals surface area (Å²) in [6.45, 7) is 5.47. The molecule has 5 rings (SSSR count). The van der Waals surface area contributed by atoms with Crippen molar-refractivity contribution in [3.05, 3.63) is 0 Å². The quantitative estimate of drug-likeness (QED) is 0.300. The van der Waals surface area contributed by atoms with Gasteiger partial charge in [0, 0.05) is 20.1 Å². The summed E-state index contributed by atoms with van der Waals surface area (Å²) in [7, 11) is 3.77. The van der Waals surface area contributed by atoms with Gasteiger partial charge in [0.25, 0.3) is 0 Å². The zero-order chi connectivity index (χ0) is 27.4. The Morgan fingerprint density at radius 2 is 1.66 bits per heavy atom. The molecule has 4 N–H and O–H groups in total. The number of hydrogen-bond donors (Lipinski definition) is 4. The van der Waals surface area contributed by atoms with E-state index in [1.54, 1.807) is 7.05 Å². The first-order chi connectivity index (χ1) is 18.0. The van der Waals surface area contributed by atoms with Crippen LogP contribution < -0.4 is 16.0 Å². The average Bonchev–Trinajstić information content (AvgIpc) is 3.38. The van der Waals surface area contributed by atoms with E-state index >= 15 is 0 Å². The largest absolute Gasteiger partial charge is 0.405 e. The summed E-state index contributed by atoms with van der Waals surface area (Å²) < 4.78 is 39.8. The molecule has 8 unspecified atom stereocenters. The summed E-state index contributed by atoms with van der Waals surface area (Å²) in [5, 5.41) is 19.4. The van der Waals surface area contributed by atoms with Crippen LogP contribution in [0.25, 0.3) is 0 Å². The van der Waals surface area contributed by atoms with Crippen LogP contribution in [0, 0.1) is 35.0 Å². The van der Waals surface area contributed by atoms with Crippen LogP contribution in [0.15, 0.2) is 0 Å². The summed E-state index contributed by atoms with van der Waals surface area (Å²) in [6.07, 6.45) is 4.50. The fourth-order valence-corrected chi connectivity index (χ4v) is 8.68. The predicted molar refractivity (Wildman–Crippen MR) is 145 cm³/mol. The third-order valence-electron chi connectivity index (χ3n) is 10.4. The smallest absolute Gasteiger partial charge is 0.337 e. The number of hydrogen-bond acceptors (Lipinski definition) is 5. The van der Waals surface area contributed by atoms with Crippen molar-refractivity contribution in [3.8, 4) is 0 Å². The monoisotopic (exact) mass is 561 g/mol. The summed E-state index contributed by atoms with van der Waals surface area (Å²) in [4.78, 5) is 6.06. The van der Waals surface area contributed by atoms with Crippen molar-refractivity contribution in [1.82, 2.24) is 30.7 Å². The van der Waals surface area contributed by atoms with E-state index in [9.17, 15) is 13.2 Å². The van der Waals surface area contributed by atoms with Gasteiger partial charge in [0.15, 0.2) is 5.96 Å². The molecule has 38 heavy (non-hydrogen) atoms. The lowest BCUT2D eigenvalue weighted by molar-refractivity contribution is -0.150. The zero-order valence-corrected chi connectivity index (χ0v) is 24.0. The standard InChI is InChI=1S/C27H47ClF3N7/c1-15(2)18-7-5-6-8-19(18)23-34-22(28)21-25(35-23)38(26(32)37(21)4)13-16-9-11-17(12-10-16)24-33-20(14-36(24)3)27(29,30)31/h15-25,32-35H,5-14H2,1-4H3. The van der Waals surface area contributed by atoms with E-state index < -0.39 is 12.2 Å². The van der Waals surface area contributed by atoms with Crippen molar-refractivity contribution in [1.29, 1.82) is 5.41 Å². The van der Waals surface area contributed by atoms with E-state index in [-0.39, 0.29) is 42.5 Å². The van der Waals surface area contributed by atoms with Gasteiger partial charge < -0.3 is 9.80 Å². The average molecular weight is 562 g/mol. The molecule has 2 aliphatic carbocycles. The van der Waals surface area contributed by atoms with E-state index in [4.69, 9.17) is 17.0 Å². The first kappa shape index (κ1) is 28.7. The van der Waals surface area contributed by atoms with E-state index in [0.717, 1.165) is 32.2 Å². The van der Waals surface area contributed by atoms with Crippen LogP contribution in [0.4, 0.5) is 13.2 Å². The topological polar surface area (TPSA) is 69.7 Å². The molecule has 218 valence electrons. The molecule has 3 aliphatic heterocycles. The lowest BCUT2D eigenvalue weighted by Crippen LogP contribution is -2.70. The van der Waals surface area contributed by atoms with Crippen LogP contribution in [-0.4, -0.2) is 90.1 Å². The van der Waals surface area contributed by atoms with Gasteiger partial charge in [0.1, 0.15) is 17.7 Å². The number of halogens is 4. The number of likely N-dealkylation sites (N-methyl/N-ethyl adjacent to an activating group) is 2. The summed E-state index contributed by atoms with van der Waals surface area (Å²) in [5.41, 5.74) is -0.238. The SMILES string of the molecule is CC(C)C1CCCCC1C1NC(Cl)C2C(N1)N(CC1CCC(C3NC(C(F)(F)F)CN3C)CC1)C(=N)N2C. The third kappa shape index (κ3) is 5.54. The highest BCUT2D eigenvalue weighted by Gasteiger charge is 2.52. The Kier molecular flexibility index (Phi) is 8.48. The van der Waals surface area contributed by atoms with Gasteiger partial charge in [-0.25, -0.2) is 0 Å². The molecule has 0 amide bonds. The van der Waals surface area contributed by atoms with Gasteiger partial charge in [-0.15, -0.1) is 11.6 Å². The Hall–Kier alpha value is -0.810. The number of rotatable bonds is 5. The maximum Gasteiger partial charge on any atom is 0.405 e. The van der Waals surface area contributed by atoms with Gasteiger partial charge in [-0.05, 0) is 75.2 Å². The Labute approximate surface area is 231 Å². The van der Waals surface area contributed by atoms with Crippen LogP contribution in [-0.2, 0) is 0 Å². The molecule has 2 saturated carbocycles. The van der Waals surface area contributed by atoms with Gasteiger partial charge in [0.2, 0.25) is 0 Å². The molecule has 0 bridgehead atoms. The first-order valence-electron chi connectivity index (χ1n) is 14.7. The molecule has 3 saturated heterocycles. The molecule has 0 radical (unpaired) electrons. The lowest BCUT2D eigenvalue weighted by Gasteiger charge is -2.48. The molecule has 5 aliphatic rings. The highest BCUT2D eigenvalue weighted by atomic mass is 35.5. The molecule has 11 heteroatoms. The molecule has 5 fully saturated rings. The van der Waals surface area contributed by atoms with Crippen molar-refractivity contribution in [3.63, 3.8) is 0 Å². The summed E-state index contributed by atoms with van der Waals surface area (Å²) >= 11 is 6.97. The molecule has 8 atom stereocenters.